The van der Waals surface area contributed by atoms with E-state index in [2.05, 4.69) is 0 Å². The van der Waals surface area contributed by atoms with Crippen molar-refractivity contribution in [1.82, 2.24) is 4.90 Å². The number of carbonyl (C=O) groups excluding carboxylic acids is 1. The Labute approximate surface area is 125 Å². The van der Waals surface area contributed by atoms with E-state index in [1.54, 1.807) is 6.08 Å². The summed E-state index contributed by atoms with van der Waals surface area (Å²) in [6, 6.07) is 5.55. The van der Waals surface area contributed by atoms with E-state index >= 15 is 0 Å². The Bertz CT molecular complexity index is 616. The molecule has 1 fully saturated rings. The standard InChI is InChI=1S/C13H12N2O3S2/c14-3-4-15-12(16)11(20-13(15)19)6-8-1-2-9-10(5-8)18-7-17-9/h1-2,5-6H,3-4,7,14H2/b11-6+. The highest BCUT2D eigenvalue weighted by Gasteiger charge is 2.31. The Kier molecular flexibility index (Phi) is 3.64. The molecule has 0 radical (unpaired) electrons. The number of nitrogens with two attached hydrogens (primary N) is 1. The van der Waals surface area contributed by atoms with E-state index in [-0.39, 0.29) is 12.7 Å². The summed E-state index contributed by atoms with van der Waals surface area (Å²) in [5, 5.41) is 0. The normalized spacial score (nSPS) is 19.2. The summed E-state index contributed by atoms with van der Waals surface area (Å²) < 4.78 is 11.1. The predicted octanol–water partition coefficient (Wildman–Crippen LogP) is 1.58. The monoisotopic (exact) mass is 308 g/mol. The number of thioether (sulfide) groups is 1. The quantitative estimate of drug-likeness (QED) is 0.675. The lowest BCUT2D eigenvalue weighted by Crippen LogP contribution is -2.32. The van der Waals surface area contributed by atoms with E-state index in [9.17, 15) is 4.79 Å². The van der Waals surface area contributed by atoms with Gasteiger partial charge in [-0.3, -0.25) is 9.69 Å². The van der Waals surface area contributed by atoms with Gasteiger partial charge in [0.1, 0.15) is 4.32 Å². The first-order valence-corrected chi connectivity index (χ1v) is 7.26. The summed E-state index contributed by atoms with van der Waals surface area (Å²) in [6.07, 6.45) is 1.80. The van der Waals surface area contributed by atoms with E-state index in [0.29, 0.717) is 28.1 Å². The minimum atomic E-state index is -0.0943. The molecule has 0 unspecified atom stereocenters. The van der Waals surface area contributed by atoms with Crippen molar-refractivity contribution >= 4 is 40.3 Å². The zero-order chi connectivity index (χ0) is 14.1. The number of rotatable bonds is 3. The molecule has 0 aliphatic carbocycles. The van der Waals surface area contributed by atoms with Crippen molar-refractivity contribution in [3.8, 4) is 11.5 Å². The van der Waals surface area contributed by atoms with Crippen molar-refractivity contribution in [1.29, 1.82) is 0 Å². The maximum atomic E-state index is 12.2. The molecule has 0 aromatic heterocycles. The second-order valence-electron chi connectivity index (χ2n) is 4.23. The van der Waals surface area contributed by atoms with E-state index in [1.807, 2.05) is 18.2 Å². The minimum Gasteiger partial charge on any atom is -0.454 e. The third kappa shape index (κ3) is 2.39. The summed E-state index contributed by atoms with van der Waals surface area (Å²) in [5.41, 5.74) is 6.36. The van der Waals surface area contributed by atoms with Crippen molar-refractivity contribution in [3.63, 3.8) is 0 Å². The predicted molar refractivity (Wildman–Crippen MR) is 81.5 cm³/mol. The molecule has 5 nitrogen and oxygen atoms in total. The van der Waals surface area contributed by atoms with Crippen LogP contribution in [0.1, 0.15) is 5.56 Å². The first kappa shape index (κ1) is 13.4. The second kappa shape index (κ2) is 5.43. The van der Waals surface area contributed by atoms with Crippen LogP contribution in [0.2, 0.25) is 0 Å². The highest BCUT2D eigenvalue weighted by Crippen LogP contribution is 2.36. The van der Waals surface area contributed by atoms with Crippen molar-refractivity contribution in [2.24, 2.45) is 5.73 Å². The fourth-order valence-electron chi connectivity index (χ4n) is 1.98. The van der Waals surface area contributed by atoms with Gasteiger partial charge in [0.25, 0.3) is 5.91 Å². The fraction of sp³-hybridized carbons (Fsp3) is 0.231. The van der Waals surface area contributed by atoms with Crippen LogP contribution in [0.15, 0.2) is 23.1 Å². The van der Waals surface area contributed by atoms with Crippen molar-refractivity contribution in [2.75, 3.05) is 19.9 Å². The second-order valence-corrected chi connectivity index (χ2v) is 5.91. The van der Waals surface area contributed by atoms with Gasteiger partial charge in [0, 0.05) is 13.1 Å². The van der Waals surface area contributed by atoms with Crippen LogP contribution in [0.25, 0.3) is 6.08 Å². The highest BCUT2D eigenvalue weighted by molar-refractivity contribution is 8.26. The number of carbonyl (C=O) groups is 1. The summed E-state index contributed by atoms with van der Waals surface area (Å²) in [6.45, 7) is 1.07. The summed E-state index contributed by atoms with van der Waals surface area (Å²) >= 11 is 6.47. The first-order valence-electron chi connectivity index (χ1n) is 6.04. The van der Waals surface area contributed by atoms with Gasteiger partial charge in [-0.1, -0.05) is 30.0 Å². The number of nitrogens with zero attached hydrogens (tertiary/aromatic N) is 1. The highest BCUT2D eigenvalue weighted by atomic mass is 32.2. The lowest BCUT2D eigenvalue weighted by atomic mass is 10.2. The van der Waals surface area contributed by atoms with Gasteiger partial charge in [-0.2, -0.15) is 0 Å². The molecule has 0 atom stereocenters. The lowest BCUT2D eigenvalue weighted by molar-refractivity contribution is -0.122. The summed E-state index contributed by atoms with van der Waals surface area (Å²) in [7, 11) is 0. The number of hydrogen-bond donors (Lipinski definition) is 1. The maximum absolute atomic E-state index is 12.2. The zero-order valence-electron chi connectivity index (χ0n) is 10.5. The summed E-state index contributed by atoms with van der Waals surface area (Å²) in [4.78, 5) is 14.3. The molecular formula is C13H12N2O3S2. The van der Waals surface area contributed by atoms with Crippen molar-refractivity contribution in [2.45, 2.75) is 0 Å². The minimum absolute atomic E-state index is 0.0943. The fourth-order valence-corrected chi connectivity index (χ4v) is 3.28. The van der Waals surface area contributed by atoms with Gasteiger partial charge in [0.05, 0.1) is 4.91 Å². The molecule has 2 heterocycles. The Morgan fingerprint density at radius 2 is 2.20 bits per heavy atom. The van der Waals surface area contributed by atoms with Gasteiger partial charge < -0.3 is 15.2 Å². The largest absolute Gasteiger partial charge is 0.454 e. The number of fused-ring (bicyclic) bond motifs is 1. The topological polar surface area (TPSA) is 64.8 Å². The Balaban J connectivity index is 1.86. The average molecular weight is 308 g/mol. The van der Waals surface area contributed by atoms with Crippen LogP contribution in [0.4, 0.5) is 0 Å². The molecule has 3 rings (SSSR count). The van der Waals surface area contributed by atoms with Gasteiger partial charge in [-0.15, -0.1) is 0 Å². The number of ether oxygens (including phenoxy) is 2. The van der Waals surface area contributed by atoms with Crippen molar-refractivity contribution < 1.29 is 14.3 Å². The molecule has 2 aliphatic heterocycles. The zero-order valence-corrected chi connectivity index (χ0v) is 12.1. The molecule has 1 aromatic rings. The third-order valence-electron chi connectivity index (χ3n) is 2.92. The van der Waals surface area contributed by atoms with E-state index < -0.39 is 0 Å². The van der Waals surface area contributed by atoms with Gasteiger partial charge in [0.15, 0.2) is 11.5 Å². The number of benzene rings is 1. The number of amides is 1. The van der Waals surface area contributed by atoms with Gasteiger partial charge in [-0.25, -0.2) is 0 Å². The van der Waals surface area contributed by atoms with Gasteiger partial charge in [-0.05, 0) is 23.8 Å². The number of hydrogen-bond acceptors (Lipinski definition) is 6. The Morgan fingerprint density at radius 3 is 3.00 bits per heavy atom. The SMILES string of the molecule is NCCN1C(=O)/C(=C\c2ccc3c(c2)OCO3)SC1=S. The van der Waals surface area contributed by atoms with Gasteiger partial charge >= 0.3 is 0 Å². The first-order chi connectivity index (χ1) is 9.69. The molecule has 0 saturated carbocycles. The van der Waals surface area contributed by atoms with Crippen molar-refractivity contribution in [3.05, 3.63) is 28.7 Å². The Morgan fingerprint density at radius 1 is 1.40 bits per heavy atom. The van der Waals surface area contributed by atoms with Crippen LogP contribution in [0.3, 0.4) is 0 Å². The molecule has 104 valence electrons. The molecular weight excluding hydrogens is 296 g/mol. The van der Waals surface area contributed by atoms with Crippen LogP contribution < -0.4 is 15.2 Å². The van der Waals surface area contributed by atoms with E-state index in [4.69, 9.17) is 27.4 Å². The third-order valence-corrected chi connectivity index (χ3v) is 4.30. The Hall–Kier alpha value is -1.57. The van der Waals surface area contributed by atoms with Gasteiger partial charge in [0.2, 0.25) is 6.79 Å². The van der Waals surface area contributed by atoms with Crippen LogP contribution in [0, 0.1) is 0 Å². The molecule has 2 N–H and O–H groups in total. The average Bonchev–Trinajstić information content (AvgIpc) is 2.99. The molecule has 7 heteroatoms. The molecule has 2 aliphatic rings. The smallest absolute Gasteiger partial charge is 0.266 e. The molecule has 1 saturated heterocycles. The van der Waals surface area contributed by atoms with Crippen LogP contribution in [-0.4, -0.2) is 35.0 Å². The number of thiocarbonyl (C=S) groups is 1. The molecule has 1 amide bonds. The summed E-state index contributed by atoms with van der Waals surface area (Å²) in [5.74, 6) is 1.32. The lowest BCUT2D eigenvalue weighted by Gasteiger charge is -2.11. The van der Waals surface area contributed by atoms with Crippen LogP contribution in [-0.2, 0) is 4.79 Å². The van der Waals surface area contributed by atoms with E-state index in [0.717, 1.165) is 11.3 Å². The van der Waals surface area contributed by atoms with E-state index in [1.165, 1.54) is 16.7 Å². The van der Waals surface area contributed by atoms with Crippen LogP contribution >= 0.6 is 24.0 Å². The van der Waals surface area contributed by atoms with Crippen LogP contribution in [0.5, 0.6) is 11.5 Å². The molecule has 0 spiro atoms. The molecule has 20 heavy (non-hydrogen) atoms. The molecule has 0 bridgehead atoms. The molecule has 1 aromatic carbocycles. The maximum Gasteiger partial charge on any atom is 0.266 e.